The van der Waals surface area contributed by atoms with Crippen LogP contribution in [-0.2, 0) is 38.4 Å². The Morgan fingerprint density at radius 1 is 0.702 bits per heavy atom. The van der Waals surface area contributed by atoms with Crippen molar-refractivity contribution in [3.63, 3.8) is 0 Å². The predicted octanol–water partition coefficient (Wildman–Crippen LogP) is -1.61. The second-order valence-electron chi connectivity index (χ2n) is 13.4. The topological polar surface area (TPSA) is 332 Å². The highest BCUT2D eigenvalue weighted by molar-refractivity contribution is 6.53. The lowest BCUT2D eigenvalue weighted by Gasteiger charge is -2.27. The standard InChI is InChI=1S/C37H41N7O13/c38-27(45)12-9-24(42-33(52)18-7-8-21-22(16-18)19-4-1-2-5-20(19)31(50)32(21)51)35(54)43-23(11-14-30(48)49)34(53)40-17-29(47)41-25(10-13-28(39)46)36(55)44-15-3-6-26(44)37(56)57/h1-2,4-5,7-8,16,23-26H,3,6,9-15,17H2,(H2,38,45)(H2,39,46)(H,40,53)(H,41,47)(H,42,52)(H,43,54)(H,48,49)(H,56,57)/t23-,24-,25-,26-/m0/s1. The van der Waals surface area contributed by atoms with E-state index in [2.05, 4.69) is 21.3 Å². The van der Waals surface area contributed by atoms with Crippen LogP contribution < -0.4 is 32.7 Å². The zero-order valence-corrected chi connectivity index (χ0v) is 30.4. The summed E-state index contributed by atoms with van der Waals surface area (Å²) in [6.45, 7) is -0.718. The van der Waals surface area contributed by atoms with E-state index in [9.17, 15) is 63.0 Å². The fourth-order valence-corrected chi connectivity index (χ4v) is 6.44. The molecule has 2 aliphatic rings. The Bertz CT molecular complexity index is 2020. The first-order valence-corrected chi connectivity index (χ1v) is 17.8. The van der Waals surface area contributed by atoms with Crippen LogP contribution in [0.15, 0.2) is 42.5 Å². The number of rotatable bonds is 19. The number of nitrogens with zero attached hydrogens (tertiary/aromatic N) is 1. The molecule has 2 aromatic carbocycles. The van der Waals surface area contributed by atoms with Gasteiger partial charge in [-0.25, -0.2) is 4.79 Å². The molecule has 0 aromatic heterocycles. The van der Waals surface area contributed by atoms with Crippen molar-refractivity contribution < 1.29 is 63.0 Å². The molecule has 0 unspecified atom stereocenters. The Kier molecular flexibility index (Phi) is 14.3. The molecule has 1 heterocycles. The number of fused-ring (bicyclic) bond motifs is 3. The number of aliphatic carboxylic acids is 2. The number of nitrogens with one attached hydrogen (secondary N) is 4. The monoisotopic (exact) mass is 791 g/mol. The van der Waals surface area contributed by atoms with Gasteiger partial charge in [0.1, 0.15) is 24.2 Å². The summed E-state index contributed by atoms with van der Waals surface area (Å²) in [5.41, 5.74) is 11.4. The van der Waals surface area contributed by atoms with E-state index < -0.39 is 115 Å². The number of carbonyl (C=O) groups excluding carboxylic acids is 9. The zero-order chi connectivity index (χ0) is 42.0. The van der Waals surface area contributed by atoms with Crippen LogP contribution in [0.4, 0.5) is 0 Å². The molecule has 4 rings (SSSR count). The van der Waals surface area contributed by atoms with Crippen LogP contribution in [0.1, 0.15) is 82.4 Å². The molecule has 0 saturated carbocycles. The summed E-state index contributed by atoms with van der Waals surface area (Å²) in [4.78, 5) is 139. The van der Waals surface area contributed by atoms with Gasteiger partial charge in [0.15, 0.2) is 0 Å². The smallest absolute Gasteiger partial charge is 0.326 e. The van der Waals surface area contributed by atoms with E-state index in [0.29, 0.717) is 17.5 Å². The van der Waals surface area contributed by atoms with Crippen LogP contribution in [0.25, 0.3) is 11.1 Å². The number of carboxylic acids is 2. The number of hydrogen-bond acceptors (Lipinski definition) is 11. The Morgan fingerprint density at radius 3 is 1.89 bits per heavy atom. The third-order valence-corrected chi connectivity index (χ3v) is 9.33. The Hall–Kier alpha value is -6.99. The molecular weight excluding hydrogens is 750 g/mol. The van der Waals surface area contributed by atoms with Gasteiger partial charge in [-0.15, -0.1) is 0 Å². The summed E-state index contributed by atoms with van der Waals surface area (Å²) in [6.07, 6.45) is -1.94. The van der Waals surface area contributed by atoms with Gasteiger partial charge in [-0.1, -0.05) is 24.3 Å². The molecule has 10 N–H and O–H groups in total. The van der Waals surface area contributed by atoms with Gasteiger partial charge in [0.2, 0.25) is 47.0 Å². The van der Waals surface area contributed by atoms with E-state index >= 15 is 0 Å². The Balaban J connectivity index is 1.47. The van der Waals surface area contributed by atoms with Crippen LogP contribution in [0.3, 0.4) is 0 Å². The summed E-state index contributed by atoms with van der Waals surface area (Å²) in [5.74, 6) is -10.4. The highest BCUT2D eigenvalue weighted by atomic mass is 16.4. The lowest BCUT2D eigenvalue weighted by Crippen LogP contribution is -2.56. The van der Waals surface area contributed by atoms with Crippen molar-refractivity contribution in [2.45, 2.75) is 75.5 Å². The second-order valence-corrected chi connectivity index (χ2v) is 13.4. The van der Waals surface area contributed by atoms with Crippen molar-refractivity contribution in [2.24, 2.45) is 11.5 Å². The molecular formula is C37H41N7O13. The molecule has 1 aliphatic heterocycles. The van der Waals surface area contributed by atoms with Crippen molar-refractivity contribution >= 4 is 64.9 Å². The molecule has 57 heavy (non-hydrogen) atoms. The summed E-state index contributed by atoms with van der Waals surface area (Å²) in [6, 6.07) is 4.54. The lowest BCUT2D eigenvalue weighted by molar-refractivity contribution is -0.149. The number of primary amides is 2. The molecule has 302 valence electrons. The zero-order valence-electron chi connectivity index (χ0n) is 30.4. The number of nitrogens with two attached hydrogens (primary N) is 2. The van der Waals surface area contributed by atoms with Crippen molar-refractivity contribution in [3.05, 3.63) is 59.2 Å². The molecule has 7 amide bonds. The van der Waals surface area contributed by atoms with Gasteiger partial charge in [0.25, 0.3) is 5.91 Å². The third-order valence-electron chi connectivity index (χ3n) is 9.33. The van der Waals surface area contributed by atoms with Gasteiger partial charge in [-0.3, -0.25) is 47.9 Å². The Morgan fingerprint density at radius 2 is 1.28 bits per heavy atom. The summed E-state index contributed by atoms with van der Waals surface area (Å²) in [5, 5.41) is 28.2. The number of carboxylic acid groups (broad SMARTS) is 2. The number of Topliss-reactive ketones (excluding diaryl/α,β-unsaturated/α-hetero) is 2. The van der Waals surface area contributed by atoms with E-state index in [0.717, 1.165) is 4.90 Å². The molecule has 20 nitrogen and oxygen atoms in total. The first kappa shape index (κ1) is 42.7. The first-order chi connectivity index (χ1) is 27.0. The highest BCUT2D eigenvalue weighted by Crippen LogP contribution is 2.34. The fourth-order valence-electron chi connectivity index (χ4n) is 6.44. The van der Waals surface area contributed by atoms with Crippen molar-refractivity contribution in [3.8, 4) is 11.1 Å². The van der Waals surface area contributed by atoms with Crippen LogP contribution in [-0.4, -0.2) is 117 Å². The summed E-state index contributed by atoms with van der Waals surface area (Å²) in [7, 11) is 0. The minimum atomic E-state index is -1.61. The van der Waals surface area contributed by atoms with Crippen LogP contribution in [0, 0.1) is 0 Å². The van der Waals surface area contributed by atoms with Gasteiger partial charge < -0.3 is 47.8 Å². The second kappa shape index (κ2) is 19.0. The van der Waals surface area contributed by atoms with E-state index in [1.54, 1.807) is 18.2 Å². The predicted molar refractivity (Wildman–Crippen MR) is 195 cm³/mol. The molecule has 0 bridgehead atoms. The summed E-state index contributed by atoms with van der Waals surface area (Å²) >= 11 is 0. The fraction of sp³-hybridized carbons (Fsp3) is 0.378. The molecule has 1 fully saturated rings. The van der Waals surface area contributed by atoms with Crippen molar-refractivity contribution in [2.75, 3.05) is 13.1 Å². The van der Waals surface area contributed by atoms with Gasteiger partial charge >= 0.3 is 11.9 Å². The average Bonchev–Trinajstić information content (AvgIpc) is 3.67. The molecule has 2 aromatic rings. The molecule has 1 aliphatic carbocycles. The van der Waals surface area contributed by atoms with Crippen LogP contribution in [0.2, 0.25) is 0 Å². The number of carbonyl (C=O) groups is 11. The Labute approximate surface area is 324 Å². The third kappa shape index (κ3) is 11.0. The minimum Gasteiger partial charge on any atom is -0.481 e. The van der Waals surface area contributed by atoms with E-state index in [-0.39, 0.29) is 48.9 Å². The number of likely N-dealkylation sites (tertiary alicyclic amines) is 1. The number of hydrogen-bond donors (Lipinski definition) is 8. The van der Waals surface area contributed by atoms with Crippen LogP contribution >= 0.6 is 0 Å². The molecule has 1 saturated heterocycles. The van der Waals surface area contributed by atoms with Gasteiger partial charge in [-0.05, 0) is 61.4 Å². The molecule has 0 spiro atoms. The molecule has 0 radical (unpaired) electrons. The maximum atomic E-state index is 13.6. The largest absolute Gasteiger partial charge is 0.481 e. The van der Waals surface area contributed by atoms with E-state index in [4.69, 9.17) is 11.5 Å². The first-order valence-electron chi connectivity index (χ1n) is 17.8. The minimum absolute atomic E-state index is 0.0374. The quantitative estimate of drug-likeness (QED) is 0.0744. The number of ketones is 2. The summed E-state index contributed by atoms with van der Waals surface area (Å²) < 4.78 is 0. The van der Waals surface area contributed by atoms with E-state index in [1.807, 2.05) is 0 Å². The SMILES string of the molecule is NC(=O)CC[C@H](NC(=O)c1ccc2c(c1)-c1ccccc1C(=O)C2=O)C(=O)N[C@@H](CCC(=O)O)C(=O)NCC(=O)N[C@@H](CCC(N)=O)C(=O)N1CCC[C@H]1C(=O)O. The normalized spacial score (nSPS) is 15.9. The maximum absolute atomic E-state index is 13.6. The highest BCUT2D eigenvalue weighted by Gasteiger charge is 2.38. The average molecular weight is 792 g/mol. The van der Waals surface area contributed by atoms with Gasteiger partial charge in [0.05, 0.1) is 6.54 Å². The van der Waals surface area contributed by atoms with Crippen molar-refractivity contribution in [1.29, 1.82) is 0 Å². The number of amides is 7. The number of benzene rings is 2. The van der Waals surface area contributed by atoms with Crippen LogP contribution in [0.5, 0.6) is 0 Å². The molecule has 4 atom stereocenters. The van der Waals surface area contributed by atoms with Crippen molar-refractivity contribution in [1.82, 2.24) is 26.2 Å². The van der Waals surface area contributed by atoms with Gasteiger partial charge in [-0.2, -0.15) is 0 Å². The van der Waals surface area contributed by atoms with Gasteiger partial charge in [0, 0.05) is 42.5 Å². The molecule has 20 heteroatoms. The lowest BCUT2D eigenvalue weighted by atomic mass is 9.83. The van der Waals surface area contributed by atoms with E-state index in [1.165, 1.54) is 24.3 Å². The maximum Gasteiger partial charge on any atom is 0.326 e.